The fourth-order valence-corrected chi connectivity index (χ4v) is 6.06. The van der Waals surface area contributed by atoms with Gasteiger partial charge in [0.25, 0.3) is 0 Å². The second-order valence-corrected chi connectivity index (χ2v) is 8.95. The van der Waals surface area contributed by atoms with Crippen molar-refractivity contribution in [2.24, 2.45) is 5.73 Å². The molecule has 3 N–H and O–H groups in total. The van der Waals surface area contributed by atoms with Crippen molar-refractivity contribution in [3.8, 4) is 0 Å². The molecule has 0 saturated heterocycles. The van der Waals surface area contributed by atoms with E-state index in [-0.39, 0.29) is 6.04 Å². The molecule has 1 saturated carbocycles. The number of aromatic nitrogens is 2. The van der Waals surface area contributed by atoms with Gasteiger partial charge < -0.3 is 11.1 Å². The van der Waals surface area contributed by atoms with Crippen molar-refractivity contribution in [1.29, 1.82) is 0 Å². The highest BCUT2D eigenvalue weighted by molar-refractivity contribution is 9.10. The topological polar surface area (TPSA) is 63.8 Å². The lowest BCUT2D eigenvalue weighted by atomic mass is 9.84. The molecule has 136 valence electrons. The number of hydrogen-bond acceptors (Lipinski definition) is 5. The number of fused-ring (bicyclic) bond motifs is 1. The third-order valence-electron chi connectivity index (χ3n) is 4.97. The molecule has 3 aromatic heterocycles. The van der Waals surface area contributed by atoms with Crippen LogP contribution in [-0.4, -0.2) is 16.0 Å². The predicted molar refractivity (Wildman–Crippen MR) is 113 cm³/mol. The van der Waals surface area contributed by atoms with E-state index in [4.69, 9.17) is 17.3 Å². The van der Waals surface area contributed by atoms with E-state index in [1.54, 1.807) is 23.7 Å². The van der Waals surface area contributed by atoms with E-state index in [2.05, 4.69) is 31.2 Å². The molecule has 1 fully saturated rings. The molecule has 0 radical (unpaired) electrons. The number of hydrogen-bond donors (Lipinski definition) is 2. The van der Waals surface area contributed by atoms with Crippen molar-refractivity contribution < 1.29 is 0 Å². The van der Waals surface area contributed by atoms with Gasteiger partial charge in [-0.15, -0.1) is 11.3 Å². The SMILES string of the molecule is N[C@H]1CCCC[C@@H]1c1sc2c(NCc3ccncc3)cc(Cl)nc2c1Br. The van der Waals surface area contributed by atoms with Crippen molar-refractivity contribution in [2.45, 2.75) is 44.2 Å². The van der Waals surface area contributed by atoms with Gasteiger partial charge in [-0.05, 0) is 46.5 Å². The second-order valence-electron chi connectivity index (χ2n) is 6.71. The van der Waals surface area contributed by atoms with Crippen molar-refractivity contribution in [3.05, 3.63) is 50.7 Å². The molecular formula is C19H20BrClN4S. The molecule has 26 heavy (non-hydrogen) atoms. The molecule has 0 spiro atoms. The first-order valence-corrected chi connectivity index (χ1v) is 10.8. The van der Waals surface area contributed by atoms with E-state index in [0.717, 1.165) is 33.2 Å². The Morgan fingerprint density at radius 1 is 1.27 bits per heavy atom. The summed E-state index contributed by atoms with van der Waals surface area (Å²) in [5.74, 6) is 0.393. The Labute approximate surface area is 170 Å². The van der Waals surface area contributed by atoms with E-state index < -0.39 is 0 Å². The minimum Gasteiger partial charge on any atom is -0.380 e. The Balaban J connectivity index is 1.70. The lowest BCUT2D eigenvalue weighted by Gasteiger charge is -2.28. The summed E-state index contributed by atoms with van der Waals surface area (Å²) in [5, 5.41) is 4.00. The number of nitrogens with two attached hydrogens (primary N) is 1. The maximum Gasteiger partial charge on any atom is 0.131 e. The molecule has 0 unspecified atom stereocenters. The van der Waals surface area contributed by atoms with Gasteiger partial charge >= 0.3 is 0 Å². The van der Waals surface area contributed by atoms with Crippen LogP contribution in [0.3, 0.4) is 0 Å². The normalized spacial score (nSPS) is 20.4. The van der Waals surface area contributed by atoms with E-state index in [1.807, 2.05) is 18.2 Å². The van der Waals surface area contributed by atoms with E-state index in [9.17, 15) is 0 Å². The zero-order valence-corrected chi connectivity index (χ0v) is 17.4. The van der Waals surface area contributed by atoms with Gasteiger partial charge in [0.15, 0.2) is 0 Å². The van der Waals surface area contributed by atoms with E-state index in [0.29, 0.717) is 17.6 Å². The highest BCUT2D eigenvalue weighted by atomic mass is 79.9. The first-order chi connectivity index (χ1) is 12.6. The molecule has 1 aliphatic carbocycles. The molecule has 0 aromatic carbocycles. The fraction of sp³-hybridized carbons (Fsp3) is 0.368. The van der Waals surface area contributed by atoms with Crippen molar-refractivity contribution in [1.82, 2.24) is 9.97 Å². The van der Waals surface area contributed by atoms with Gasteiger partial charge in [-0.25, -0.2) is 4.98 Å². The number of pyridine rings is 2. The van der Waals surface area contributed by atoms with Crippen LogP contribution in [0.4, 0.5) is 5.69 Å². The number of anilines is 1. The highest BCUT2D eigenvalue weighted by Gasteiger charge is 2.28. The summed E-state index contributed by atoms with van der Waals surface area (Å²) < 4.78 is 2.18. The van der Waals surface area contributed by atoms with Crippen LogP contribution in [0.1, 0.15) is 42.0 Å². The standard InChI is InChI=1S/C19H20BrClN4S/c20-16-17-19(26-18(16)12-3-1-2-4-13(12)22)14(9-15(21)25-17)24-10-11-5-7-23-8-6-11/h5-9,12-13H,1-4,10,22H2,(H,24,25)/t12-,13-/m0/s1. The molecule has 0 bridgehead atoms. The number of rotatable bonds is 4. The van der Waals surface area contributed by atoms with Crippen molar-refractivity contribution >= 4 is 54.8 Å². The molecule has 0 amide bonds. The van der Waals surface area contributed by atoms with Gasteiger partial charge in [0.05, 0.1) is 20.4 Å². The van der Waals surface area contributed by atoms with Crippen LogP contribution in [-0.2, 0) is 6.54 Å². The van der Waals surface area contributed by atoms with Crippen LogP contribution in [0.2, 0.25) is 5.15 Å². The van der Waals surface area contributed by atoms with E-state index in [1.165, 1.54) is 23.3 Å². The first kappa shape index (κ1) is 18.2. The lowest BCUT2D eigenvalue weighted by molar-refractivity contribution is 0.389. The smallest absolute Gasteiger partial charge is 0.131 e. The minimum absolute atomic E-state index is 0.219. The Morgan fingerprint density at radius 3 is 2.81 bits per heavy atom. The Bertz CT molecular complexity index is 915. The van der Waals surface area contributed by atoms with Crippen molar-refractivity contribution in [2.75, 3.05) is 5.32 Å². The zero-order chi connectivity index (χ0) is 18.1. The number of thiophene rings is 1. The first-order valence-electron chi connectivity index (χ1n) is 8.80. The van der Waals surface area contributed by atoms with Gasteiger partial charge in [-0.3, -0.25) is 4.98 Å². The molecular weight excluding hydrogens is 432 g/mol. The zero-order valence-electron chi connectivity index (χ0n) is 14.2. The minimum atomic E-state index is 0.219. The maximum atomic E-state index is 6.42. The average Bonchev–Trinajstić information content (AvgIpc) is 2.98. The van der Waals surface area contributed by atoms with Gasteiger partial charge in [-0.1, -0.05) is 24.4 Å². The van der Waals surface area contributed by atoms with Gasteiger partial charge in [-0.2, -0.15) is 0 Å². The molecule has 1 aliphatic rings. The Morgan fingerprint density at radius 2 is 2.04 bits per heavy atom. The van der Waals surface area contributed by atoms with Crippen LogP contribution in [0, 0.1) is 0 Å². The molecule has 3 aromatic rings. The molecule has 4 rings (SSSR count). The largest absolute Gasteiger partial charge is 0.380 e. The lowest BCUT2D eigenvalue weighted by Crippen LogP contribution is -2.30. The van der Waals surface area contributed by atoms with Crippen LogP contribution in [0.25, 0.3) is 10.2 Å². The van der Waals surface area contributed by atoms with Gasteiger partial charge in [0.1, 0.15) is 5.15 Å². The summed E-state index contributed by atoms with van der Waals surface area (Å²) in [6, 6.07) is 6.13. The predicted octanol–water partition coefficient (Wildman–Crippen LogP) is 5.70. The summed E-state index contributed by atoms with van der Waals surface area (Å²) in [7, 11) is 0. The summed E-state index contributed by atoms with van der Waals surface area (Å²) in [6.45, 7) is 0.714. The Kier molecular flexibility index (Phi) is 5.45. The number of nitrogens with one attached hydrogen (secondary N) is 1. The third-order valence-corrected chi connectivity index (χ3v) is 7.57. The van der Waals surface area contributed by atoms with E-state index >= 15 is 0 Å². The summed E-state index contributed by atoms with van der Waals surface area (Å²) >= 11 is 11.9. The van der Waals surface area contributed by atoms with Crippen molar-refractivity contribution in [3.63, 3.8) is 0 Å². The van der Waals surface area contributed by atoms with Crippen LogP contribution in [0.15, 0.2) is 35.1 Å². The molecule has 3 heterocycles. The molecule has 4 nitrogen and oxygen atoms in total. The third kappa shape index (κ3) is 3.60. The quantitative estimate of drug-likeness (QED) is 0.499. The molecule has 7 heteroatoms. The monoisotopic (exact) mass is 450 g/mol. The Hall–Kier alpha value is -1.21. The molecule has 0 aliphatic heterocycles. The van der Waals surface area contributed by atoms with Gasteiger partial charge in [0.2, 0.25) is 0 Å². The fourth-order valence-electron chi connectivity index (χ4n) is 3.58. The summed E-state index contributed by atoms with van der Waals surface area (Å²) in [4.78, 5) is 9.93. The summed E-state index contributed by atoms with van der Waals surface area (Å²) in [5.41, 5.74) is 9.53. The van der Waals surface area contributed by atoms with Crippen LogP contribution >= 0.6 is 38.9 Å². The number of halogens is 2. The number of nitrogens with zero attached hydrogens (tertiary/aromatic N) is 2. The highest BCUT2D eigenvalue weighted by Crippen LogP contribution is 2.46. The van der Waals surface area contributed by atoms with Crippen LogP contribution in [0.5, 0.6) is 0 Å². The summed E-state index contributed by atoms with van der Waals surface area (Å²) in [6.07, 6.45) is 8.29. The second kappa shape index (κ2) is 7.80. The van der Waals surface area contributed by atoms with Gasteiger partial charge in [0, 0.05) is 41.8 Å². The van der Waals surface area contributed by atoms with Crippen LogP contribution < -0.4 is 11.1 Å². The molecule has 2 atom stereocenters. The maximum absolute atomic E-state index is 6.42. The average molecular weight is 452 g/mol.